The van der Waals surface area contributed by atoms with Crippen molar-refractivity contribution in [2.75, 3.05) is 5.32 Å². The van der Waals surface area contributed by atoms with Crippen LogP contribution in [0, 0.1) is 0 Å². The highest BCUT2D eigenvalue weighted by Crippen LogP contribution is 2.25. The minimum atomic E-state index is -0.346. The lowest BCUT2D eigenvalue weighted by Crippen LogP contribution is -2.13. The van der Waals surface area contributed by atoms with E-state index < -0.39 is 0 Å². The molecule has 144 valence electrons. The molecule has 0 spiro atoms. The first kappa shape index (κ1) is 18.6. The van der Waals surface area contributed by atoms with Crippen LogP contribution in [0.5, 0.6) is 5.75 Å². The van der Waals surface area contributed by atoms with Crippen molar-refractivity contribution in [1.29, 1.82) is 0 Å². The van der Waals surface area contributed by atoms with Crippen LogP contribution < -0.4 is 10.1 Å². The molecule has 2 aromatic carbocycles. The van der Waals surface area contributed by atoms with Gasteiger partial charge >= 0.3 is 0 Å². The number of nitrogens with zero attached hydrogens (tertiary/aromatic N) is 3. The number of rotatable bonds is 6. The Morgan fingerprint density at radius 1 is 1.10 bits per heavy atom. The van der Waals surface area contributed by atoms with Gasteiger partial charge in [-0.25, -0.2) is 0 Å². The van der Waals surface area contributed by atoms with E-state index in [1.807, 2.05) is 30.3 Å². The summed E-state index contributed by atoms with van der Waals surface area (Å²) in [5, 5.41) is 10.0. The second-order valence-electron chi connectivity index (χ2n) is 6.12. The summed E-state index contributed by atoms with van der Waals surface area (Å²) >= 11 is 6.17. The van der Waals surface area contributed by atoms with Crippen molar-refractivity contribution in [1.82, 2.24) is 20.2 Å². The second kappa shape index (κ2) is 8.53. The quantitative estimate of drug-likeness (QED) is 0.497. The Morgan fingerprint density at radius 3 is 2.83 bits per heavy atom. The van der Waals surface area contributed by atoms with Gasteiger partial charge < -0.3 is 4.74 Å². The lowest BCUT2D eigenvalue weighted by Gasteiger charge is -2.07. The number of pyridine rings is 1. The Balaban J connectivity index is 1.43. The summed E-state index contributed by atoms with van der Waals surface area (Å²) in [6.45, 7) is 0.362. The van der Waals surface area contributed by atoms with Crippen LogP contribution in [0.1, 0.15) is 15.9 Å². The SMILES string of the molecule is O=C(Nc1n[nH]c(-c2ccccc2Cl)n1)c1cccc(OCc2cccnc2)c1. The fraction of sp³-hybridized carbons (Fsp3) is 0.0476. The monoisotopic (exact) mass is 405 g/mol. The molecule has 4 aromatic rings. The Labute approximate surface area is 171 Å². The van der Waals surface area contributed by atoms with Crippen LogP contribution in [-0.4, -0.2) is 26.1 Å². The molecule has 2 N–H and O–H groups in total. The highest BCUT2D eigenvalue weighted by atomic mass is 35.5. The average molecular weight is 406 g/mol. The molecule has 4 rings (SSSR count). The van der Waals surface area contributed by atoms with Crippen LogP contribution in [0.3, 0.4) is 0 Å². The Morgan fingerprint density at radius 2 is 2.00 bits per heavy atom. The number of aromatic nitrogens is 4. The van der Waals surface area contributed by atoms with Gasteiger partial charge in [0.2, 0.25) is 5.95 Å². The molecule has 2 heterocycles. The topological polar surface area (TPSA) is 92.8 Å². The van der Waals surface area contributed by atoms with Gasteiger partial charge in [-0.15, -0.1) is 5.10 Å². The molecule has 1 amide bonds. The first-order chi connectivity index (χ1) is 14.2. The number of benzene rings is 2. The number of hydrogen-bond acceptors (Lipinski definition) is 5. The van der Waals surface area contributed by atoms with Crippen molar-refractivity contribution in [3.8, 4) is 17.1 Å². The largest absolute Gasteiger partial charge is 0.489 e. The molecule has 0 aliphatic carbocycles. The number of ether oxygens (including phenoxy) is 1. The number of H-pyrrole nitrogens is 1. The highest BCUT2D eigenvalue weighted by Gasteiger charge is 2.13. The standard InChI is InChI=1S/C21H16ClN5O2/c22-18-9-2-1-8-17(18)19-24-21(27-26-19)25-20(28)15-6-3-7-16(11-15)29-13-14-5-4-10-23-12-14/h1-12H,13H2,(H2,24,25,26,27,28). The summed E-state index contributed by atoms with van der Waals surface area (Å²) in [6.07, 6.45) is 3.44. The number of halogens is 1. The summed E-state index contributed by atoms with van der Waals surface area (Å²) in [5.41, 5.74) is 2.07. The van der Waals surface area contributed by atoms with Crippen LogP contribution >= 0.6 is 11.6 Å². The molecule has 0 aliphatic rings. The van der Waals surface area contributed by atoms with Crippen molar-refractivity contribution in [3.63, 3.8) is 0 Å². The third-order valence-electron chi connectivity index (χ3n) is 4.06. The molecule has 0 atom stereocenters. The maximum absolute atomic E-state index is 12.6. The van der Waals surface area contributed by atoms with E-state index in [0.717, 1.165) is 5.56 Å². The predicted molar refractivity (Wildman–Crippen MR) is 110 cm³/mol. The van der Waals surface area contributed by atoms with Crippen molar-refractivity contribution in [2.45, 2.75) is 6.61 Å². The van der Waals surface area contributed by atoms with Gasteiger partial charge in [0.25, 0.3) is 5.91 Å². The molecule has 0 saturated heterocycles. The molecule has 2 aromatic heterocycles. The molecular weight excluding hydrogens is 390 g/mol. The van der Waals surface area contributed by atoms with Crippen LogP contribution in [0.4, 0.5) is 5.95 Å². The van der Waals surface area contributed by atoms with Crippen molar-refractivity contribution >= 4 is 23.5 Å². The van der Waals surface area contributed by atoms with E-state index in [4.69, 9.17) is 16.3 Å². The van der Waals surface area contributed by atoms with E-state index in [2.05, 4.69) is 25.5 Å². The Hall–Kier alpha value is -3.71. The first-order valence-electron chi connectivity index (χ1n) is 8.79. The minimum Gasteiger partial charge on any atom is -0.489 e. The lowest BCUT2D eigenvalue weighted by molar-refractivity contribution is 0.102. The smallest absolute Gasteiger partial charge is 0.258 e. The zero-order chi connectivity index (χ0) is 20.1. The Kier molecular flexibility index (Phi) is 5.49. The van der Waals surface area contributed by atoms with Crippen molar-refractivity contribution < 1.29 is 9.53 Å². The van der Waals surface area contributed by atoms with E-state index in [-0.39, 0.29) is 11.9 Å². The van der Waals surface area contributed by atoms with Gasteiger partial charge in [-0.05, 0) is 36.4 Å². The summed E-state index contributed by atoms with van der Waals surface area (Å²) in [7, 11) is 0. The number of carbonyl (C=O) groups is 1. The molecule has 29 heavy (non-hydrogen) atoms. The van der Waals surface area contributed by atoms with E-state index >= 15 is 0 Å². The molecule has 0 bridgehead atoms. The van der Waals surface area contributed by atoms with Gasteiger partial charge in [0.05, 0.1) is 5.02 Å². The zero-order valence-electron chi connectivity index (χ0n) is 15.2. The maximum atomic E-state index is 12.6. The van der Waals surface area contributed by atoms with Crippen LogP contribution in [-0.2, 0) is 6.61 Å². The van der Waals surface area contributed by atoms with E-state index in [9.17, 15) is 4.79 Å². The molecule has 0 aliphatic heterocycles. The number of anilines is 1. The molecule has 8 heteroatoms. The van der Waals surface area contributed by atoms with Gasteiger partial charge in [0.15, 0.2) is 5.82 Å². The number of carbonyl (C=O) groups excluding carboxylic acids is 1. The lowest BCUT2D eigenvalue weighted by atomic mass is 10.2. The van der Waals surface area contributed by atoms with Gasteiger partial charge in [-0.2, -0.15) is 4.98 Å². The first-order valence-corrected chi connectivity index (χ1v) is 9.17. The van der Waals surface area contributed by atoms with Crippen LogP contribution in [0.2, 0.25) is 5.02 Å². The number of aromatic amines is 1. The van der Waals surface area contributed by atoms with Crippen molar-refractivity contribution in [3.05, 3.63) is 89.2 Å². The highest BCUT2D eigenvalue weighted by molar-refractivity contribution is 6.33. The number of hydrogen-bond donors (Lipinski definition) is 2. The average Bonchev–Trinajstić information content (AvgIpc) is 3.22. The number of amides is 1. The third-order valence-corrected chi connectivity index (χ3v) is 4.39. The molecule has 0 saturated carbocycles. The molecule has 0 radical (unpaired) electrons. The van der Waals surface area contributed by atoms with Gasteiger partial charge in [-0.1, -0.05) is 35.9 Å². The summed E-state index contributed by atoms with van der Waals surface area (Å²) < 4.78 is 5.74. The predicted octanol–water partition coefficient (Wildman–Crippen LogP) is 4.35. The fourth-order valence-electron chi connectivity index (χ4n) is 2.64. The fourth-order valence-corrected chi connectivity index (χ4v) is 2.87. The molecule has 7 nitrogen and oxygen atoms in total. The maximum Gasteiger partial charge on any atom is 0.258 e. The number of nitrogens with one attached hydrogen (secondary N) is 2. The second-order valence-corrected chi connectivity index (χ2v) is 6.53. The van der Waals surface area contributed by atoms with Gasteiger partial charge in [-0.3, -0.25) is 20.2 Å². The Bertz CT molecular complexity index is 1130. The zero-order valence-corrected chi connectivity index (χ0v) is 15.9. The van der Waals surface area contributed by atoms with Crippen LogP contribution in [0.25, 0.3) is 11.4 Å². The van der Waals surface area contributed by atoms with Crippen molar-refractivity contribution in [2.24, 2.45) is 0 Å². The van der Waals surface area contributed by atoms with E-state index in [0.29, 0.717) is 34.3 Å². The normalized spacial score (nSPS) is 10.5. The van der Waals surface area contributed by atoms with E-state index in [1.165, 1.54) is 0 Å². The summed E-state index contributed by atoms with van der Waals surface area (Å²) in [6, 6.07) is 17.9. The third kappa shape index (κ3) is 4.59. The molecule has 0 fully saturated rings. The molecule has 0 unspecified atom stereocenters. The summed E-state index contributed by atoms with van der Waals surface area (Å²) in [4.78, 5) is 20.9. The minimum absolute atomic E-state index is 0.159. The van der Waals surface area contributed by atoms with Gasteiger partial charge in [0, 0.05) is 29.1 Å². The van der Waals surface area contributed by atoms with Crippen LogP contribution in [0.15, 0.2) is 73.1 Å². The van der Waals surface area contributed by atoms with Gasteiger partial charge in [0.1, 0.15) is 12.4 Å². The summed E-state index contributed by atoms with van der Waals surface area (Å²) in [5.74, 6) is 0.862. The molecular formula is C21H16ClN5O2. The van der Waals surface area contributed by atoms with E-state index in [1.54, 1.807) is 42.7 Å².